The van der Waals surface area contributed by atoms with Crippen molar-refractivity contribution in [1.82, 2.24) is 0 Å². The fourth-order valence-electron chi connectivity index (χ4n) is 0.635. The fourth-order valence-corrected chi connectivity index (χ4v) is 0.635. The Hall–Kier alpha value is -1.51. The summed E-state index contributed by atoms with van der Waals surface area (Å²) < 4.78 is 0. The number of para-hydroxylation sites is 1. The average Bonchev–Trinajstić information content (AvgIpc) is 1.88. The van der Waals surface area contributed by atoms with E-state index in [1.807, 2.05) is 0 Å². The number of hydrogen-bond acceptors (Lipinski definition) is 1. The van der Waals surface area contributed by atoms with Crippen LogP contribution in [0.5, 0.6) is 5.75 Å². The maximum atomic E-state index is 10.6. The lowest BCUT2D eigenvalue weighted by atomic mass is 10.2. The van der Waals surface area contributed by atoms with Crippen LogP contribution in [-0.4, -0.2) is 5.97 Å². The number of carbonyl (C=O) groups excluding carboxylic acids is 1. The van der Waals surface area contributed by atoms with E-state index in [0.717, 1.165) is 0 Å². The molecule has 0 aliphatic carbocycles. The molecule has 50 valence electrons. The predicted octanol–water partition coefficient (Wildman–Crippen LogP) is 1.40. The molecule has 0 saturated heterocycles. The molecular formula is C7H4O3. The van der Waals surface area contributed by atoms with E-state index in [2.05, 4.69) is 0 Å². The van der Waals surface area contributed by atoms with Crippen molar-refractivity contribution in [2.75, 3.05) is 0 Å². The van der Waals surface area contributed by atoms with Gasteiger partial charge in [0.05, 0.1) is 0 Å². The maximum absolute atomic E-state index is 10.6. The zero-order chi connectivity index (χ0) is 7.56. The van der Waals surface area contributed by atoms with Gasteiger partial charge in [-0.1, -0.05) is 12.1 Å². The molecule has 0 atom stereocenters. The summed E-state index contributed by atoms with van der Waals surface area (Å²) in [4.78, 5) is 10.1. The first-order valence-corrected chi connectivity index (χ1v) is 2.69. The van der Waals surface area contributed by atoms with Crippen LogP contribution in [0.15, 0.2) is 24.3 Å². The monoisotopic (exact) mass is 136 g/mol. The molecule has 0 amide bonds. The van der Waals surface area contributed by atoms with Crippen molar-refractivity contribution in [1.29, 1.82) is 0 Å². The Morgan fingerprint density at radius 2 is 1.80 bits per heavy atom. The molecule has 3 heteroatoms. The van der Waals surface area contributed by atoms with Gasteiger partial charge in [0.25, 0.3) is 0 Å². The van der Waals surface area contributed by atoms with Gasteiger partial charge in [0.2, 0.25) is 0 Å². The van der Waals surface area contributed by atoms with Crippen LogP contribution in [0.4, 0.5) is 0 Å². The third-order valence-corrected chi connectivity index (χ3v) is 1.11. The van der Waals surface area contributed by atoms with Crippen molar-refractivity contribution in [2.45, 2.75) is 0 Å². The lowest BCUT2D eigenvalue weighted by Crippen LogP contribution is -1.92. The van der Waals surface area contributed by atoms with Crippen molar-refractivity contribution in [3.63, 3.8) is 0 Å². The third kappa shape index (κ3) is 1.07. The summed E-state index contributed by atoms with van der Waals surface area (Å²) in [6.45, 7) is 0. The van der Waals surface area contributed by atoms with Crippen molar-refractivity contribution in [2.24, 2.45) is 0 Å². The number of rotatable bonds is 1. The first kappa shape index (κ1) is 6.61. The number of benzene rings is 1. The van der Waals surface area contributed by atoms with E-state index in [1.54, 1.807) is 0 Å². The Kier molecular flexibility index (Phi) is 1.58. The van der Waals surface area contributed by atoms with E-state index in [-0.39, 0.29) is 5.56 Å². The molecule has 0 fully saturated rings. The Bertz CT molecular complexity index is 255. The minimum Gasteiger partial charge on any atom is -0.289 e. The zero-order valence-electron chi connectivity index (χ0n) is 5.03. The SMILES string of the molecule is [O]C(=O)c1ccccc1[O]. The van der Waals surface area contributed by atoms with Gasteiger partial charge in [-0.05, 0) is 12.1 Å². The second-order valence-electron chi connectivity index (χ2n) is 1.78. The van der Waals surface area contributed by atoms with E-state index in [9.17, 15) is 15.0 Å². The van der Waals surface area contributed by atoms with E-state index >= 15 is 0 Å². The normalized spacial score (nSPS) is 9.20. The molecule has 0 aromatic heterocycles. The smallest absolute Gasteiger partial charge is 0.289 e. The van der Waals surface area contributed by atoms with Crippen LogP contribution >= 0.6 is 0 Å². The highest BCUT2D eigenvalue weighted by Crippen LogP contribution is 2.15. The van der Waals surface area contributed by atoms with Crippen LogP contribution in [0.1, 0.15) is 10.4 Å². The predicted molar refractivity (Wildman–Crippen MR) is 31.6 cm³/mol. The van der Waals surface area contributed by atoms with Gasteiger partial charge in [-0.25, -0.2) is 9.90 Å². The molecule has 0 spiro atoms. The summed E-state index contributed by atoms with van der Waals surface area (Å²) in [7, 11) is 0. The number of hydrogen-bond donors (Lipinski definition) is 0. The standard InChI is InChI=1S/C7H4O3/c8-6-4-2-1-3-5(6)7(9)10/h1-4H. The summed E-state index contributed by atoms with van der Waals surface area (Å²) in [5, 5.41) is 20.8. The van der Waals surface area contributed by atoms with Gasteiger partial charge >= 0.3 is 5.97 Å². The Balaban J connectivity index is 3.15. The van der Waals surface area contributed by atoms with E-state index in [4.69, 9.17) is 0 Å². The van der Waals surface area contributed by atoms with Crippen LogP contribution in [0.25, 0.3) is 0 Å². The molecule has 0 aliphatic heterocycles. The van der Waals surface area contributed by atoms with Crippen LogP contribution in [0.2, 0.25) is 0 Å². The van der Waals surface area contributed by atoms with E-state index in [0.29, 0.717) is 0 Å². The van der Waals surface area contributed by atoms with Gasteiger partial charge in [0, 0.05) is 0 Å². The molecule has 0 heterocycles. The minimum atomic E-state index is -1.43. The Morgan fingerprint density at radius 3 is 2.20 bits per heavy atom. The molecule has 1 rings (SSSR count). The third-order valence-electron chi connectivity index (χ3n) is 1.11. The number of carbonyl (C=O) groups is 1. The van der Waals surface area contributed by atoms with Crippen molar-refractivity contribution in [3.8, 4) is 5.75 Å². The molecule has 10 heavy (non-hydrogen) atoms. The fraction of sp³-hybridized carbons (Fsp3) is 0. The maximum Gasteiger partial charge on any atom is 0.390 e. The quantitative estimate of drug-likeness (QED) is 0.575. The zero-order valence-corrected chi connectivity index (χ0v) is 5.03. The molecular weight excluding hydrogens is 132 g/mol. The molecule has 0 bridgehead atoms. The van der Waals surface area contributed by atoms with Gasteiger partial charge in [0.15, 0.2) is 5.75 Å². The lowest BCUT2D eigenvalue weighted by molar-refractivity contribution is 0.0568. The summed E-state index contributed by atoms with van der Waals surface area (Å²) in [6.07, 6.45) is 0. The van der Waals surface area contributed by atoms with Crippen LogP contribution in [0.3, 0.4) is 0 Å². The van der Waals surface area contributed by atoms with Gasteiger partial charge in [-0.15, -0.1) is 0 Å². The molecule has 0 aliphatic rings. The first-order chi connectivity index (χ1) is 4.72. The highest BCUT2D eigenvalue weighted by atomic mass is 16.4. The summed E-state index contributed by atoms with van der Waals surface area (Å²) in [5.74, 6) is -1.94. The summed E-state index contributed by atoms with van der Waals surface area (Å²) in [6, 6.07) is 5.37. The highest BCUT2D eigenvalue weighted by molar-refractivity contribution is 5.90. The Labute approximate surface area is 57.5 Å². The molecule has 0 saturated carbocycles. The van der Waals surface area contributed by atoms with Crippen LogP contribution in [-0.2, 0) is 10.2 Å². The second kappa shape index (κ2) is 2.39. The molecule has 0 N–H and O–H groups in total. The van der Waals surface area contributed by atoms with Crippen molar-refractivity contribution < 1.29 is 15.0 Å². The second-order valence-corrected chi connectivity index (χ2v) is 1.78. The Morgan fingerprint density at radius 1 is 1.20 bits per heavy atom. The molecule has 1 aromatic carbocycles. The van der Waals surface area contributed by atoms with Crippen LogP contribution in [0, 0.1) is 0 Å². The molecule has 3 nitrogen and oxygen atoms in total. The van der Waals surface area contributed by atoms with Gasteiger partial charge < -0.3 is 0 Å². The first-order valence-electron chi connectivity index (χ1n) is 2.69. The molecule has 2 radical (unpaired) electrons. The molecule has 0 unspecified atom stereocenters. The van der Waals surface area contributed by atoms with Crippen molar-refractivity contribution >= 4 is 5.97 Å². The summed E-state index contributed by atoms with van der Waals surface area (Å²) >= 11 is 0. The minimum absolute atomic E-state index is 0.289. The summed E-state index contributed by atoms with van der Waals surface area (Å²) in [5.41, 5.74) is -0.289. The van der Waals surface area contributed by atoms with Gasteiger partial charge in [-0.3, -0.25) is 5.11 Å². The largest absolute Gasteiger partial charge is 0.390 e. The van der Waals surface area contributed by atoms with Gasteiger partial charge in [0.1, 0.15) is 5.56 Å². The van der Waals surface area contributed by atoms with Gasteiger partial charge in [-0.2, -0.15) is 0 Å². The average molecular weight is 136 g/mol. The van der Waals surface area contributed by atoms with E-state index in [1.165, 1.54) is 24.3 Å². The van der Waals surface area contributed by atoms with E-state index < -0.39 is 11.7 Å². The highest BCUT2D eigenvalue weighted by Gasteiger charge is 2.10. The van der Waals surface area contributed by atoms with Crippen molar-refractivity contribution in [3.05, 3.63) is 29.8 Å². The van der Waals surface area contributed by atoms with Crippen LogP contribution < -0.4 is 0 Å². The molecule has 1 aromatic rings. The lowest BCUT2D eigenvalue weighted by Gasteiger charge is -1.89. The topological polar surface area (TPSA) is 56.9 Å².